The summed E-state index contributed by atoms with van der Waals surface area (Å²) in [5.74, 6) is 1.30. The number of hydrogen-bond donors (Lipinski definition) is 1. The summed E-state index contributed by atoms with van der Waals surface area (Å²) >= 11 is 0. The van der Waals surface area contributed by atoms with E-state index in [4.69, 9.17) is 4.42 Å². The summed E-state index contributed by atoms with van der Waals surface area (Å²) in [7, 11) is 0. The molecule has 5 nitrogen and oxygen atoms in total. The topological polar surface area (TPSA) is 66.3 Å². The van der Waals surface area contributed by atoms with Crippen LogP contribution in [0.25, 0.3) is 0 Å². The summed E-state index contributed by atoms with van der Waals surface area (Å²) in [5, 5.41) is 0. The number of likely N-dealkylation sites (tertiary alicyclic amines) is 1. The number of amides is 1. The quantitative estimate of drug-likeness (QED) is 0.922. The molecule has 21 heavy (non-hydrogen) atoms. The van der Waals surface area contributed by atoms with E-state index in [2.05, 4.69) is 11.9 Å². The summed E-state index contributed by atoms with van der Waals surface area (Å²) in [6, 6.07) is 6.66. The molecule has 2 aromatic heterocycles. The van der Waals surface area contributed by atoms with Crippen molar-refractivity contribution in [2.24, 2.45) is 5.92 Å². The van der Waals surface area contributed by atoms with Crippen molar-refractivity contribution in [3.63, 3.8) is 0 Å². The molecule has 3 heterocycles. The lowest BCUT2D eigenvalue weighted by Gasteiger charge is -2.37. The number of carbonyl (C=O) groups is 1. The average Bonchev–Trinajstić information content (AvgIpc) is 3.01. The maximum atomic E-state index is 12.7. The van der Waals surface area contributed by atoms with E-state index >= 15 is 0 Å². The Bertz CT molecular complexity index is 655. The molecule has 1 aliphatic heterocycles. The molecule has 2 aromatic rings. The summed E-state index contributed by atoms with van der Waals surface area (Å²) in [6.07, 6.45) is 4.98. The zero-order chi connectivity index (χ0) is 14.8. The van der Waals surface area contributed by atoms with Crippen molar-refractivity contribution in [3.8, 4) is 0 Å². The second kappa shape index (κ2) is 5.60. The SMILES string of the molecule is C[C@@H]1CCN(C(=O)c2ccc(=O)[nH]c2)[C@H](c2ccco2)C1. The molecule has 1 saturated heterocycles. The molecule has 0 bridgehead atoms. The van der Waals surface area contributed by atoms with Crippen molar-refractivity contribution in [2.45, 2.75) is 25.8 Å². The highest BCUT2D eigenvalue weighted by atomic mass is 16.3. The molecule has 0 aliphatic carbocycles. The second-order valence-corrected chi connectivity index (χ2v) is 5.60. The van der Waals surface area contributed by atoms with Gasteiger partial charge in [-0.3, -0.25) is 9.59 Å². The number of H-pyrrole nitrogens is 1. The van der Waals surface area contributed by atoms with Crippen molar-refractivity contribution in [1.82, 2.24) is 9.88 Å². The maximum Gasteiger partial charge on any atom is 0.255 e. The number of nitrogens with one attached hydrogen (secondary N) is 1. The van der Waals surface area contributed by atoms with E-state index in [-0.39, 0.29) is 17.5 Å². The Labute approximate surface area is 122 Å². The van der Waals surface area contributed by atoms with Gasteiger partial charge in [-0.1, -0.05) is 6.92 Å². The number of carbonyl (C=O) groups excluding carboxylic acids is 1. The minimum atomic E-state index is -0.207. The lowest BCUT2D eigenvalue weighted by atomic mass is 9.90. The summed E-state index contributed by atoms with van der Waals surface area (Å²) < 4.78 is 5.51. The Morgan fingerprint density at radius 1 is 1.38 bits per heavy atom. The molecule has 0 saturated carbocycles. The van der Waals surface area contributed by atoms with Crippen LogP contribution >= 0.6 is 0 Å². The average molecular weight is 286 g/mol. The Morgan fingerprint density at radius 3 is 2.90 bits per heavy atom. The number of aromatic amines is 1. The maximum absolute atomic E-state index is 12.7. The predicted molar refractivity (Wildman–Crippen MR) is 77.9 cm³/mol. The van der Waals surface area contributed by atoms with Gasteiger partial charge in [0.05, 0.1) is 17.9 Å². The van der Waals surface area contributed by atoms with Crippen LogP contribution in [0.15, 0.2) is 45.9 Å². The number of piperidine rings is 1. The van der Waals surface area contributed by atoms with Gasteiger partial charge >= 0.3 is 0 Å². The zero-order valence-electron chi connectivity index (χ0n) is 11.9. The Hall–Kier alpha value is -2.30. The fraction of sp³-hybridized carbons (Fsp3) is 0.375. The highest BCUT2D eigenvalue weighted by Gasteiger charge is 2.33. The molecule has 5 heteroatoms. The van der Waals surface area contributed by atoms with Crippen molar-refractivity contribution >= 4 is 5.91 Å². The summed E-state index contributed by atoms with van der Waals surface area (Å²) in [5.41, 5.74) is 0.294. The number of pyridine rings is 1. The van der Waals surface area contributed by atoms with Crippen molar-refractivity contribution in [2.75, 3.05) is 6.54 Å². The molecule has 1 aliphatic rings. The first-order valence-corrected chi connectivity index (χ1v) is 7.18. The van der Waals surface area contributed by atoms with Gasteiger partial charge in [-0.2, -0.15) is 0 Å². The van der Waals surface area contributed by atoms with Crippen LogP contribution in [-0.4, -0.2) is 22.3 Å². The molecule has 0 aromatic carbocycles. The third kappa shape index (κ3) is 2.77. The van der Waals surface area contributed by atoms with Gasteiger partial charge in [-0.05, 0) is 37.0 Å². The van der Waals surface area contributed by atoms with E-state index in [9.17, 15) is 9.59 Å². The van der Waals surface area contributed by atoms with Crippen LogP contribution in [0.2, 0.25) is 0 Å². The smallest absolute Gasteiger partial charge is 0.255 e. The third-order valence-corrected chi connectivity index (χ3v) is 4.03. The monoisotopic (exact) mass is 286 g/mol. The Kier molecular flexibility index (Phi) is 3.64. The van der Waals surface area contributed by atoms with Crippen molar-refractivity contribution in [3.05, 3.63) is 58.4 Å². The molecule has 3 rings (SSSR count). The summed E-state index contributed by atoms with van der Waals surface area (Å²) in [4.78, 5) is 28.2. The van der Waals surface area contributed by atoms with Crippen LogP contribution in [-0.2, 0) is 0 Å². The molecule has 2 atom stereocenters. The molecule has 1 fully saturated rings. The van der Waals surface area contributed by atoms with Gasteiger partial charge in [0.25, 0.3) is 5.91 Å². The van der Waals surface area contributed by atoms with Gasteiger partial charge < -0.3 is 14.3 Å². The molecule has 0 unspecified atom stereocenters. The van der Waals surface area contributed by atoms with Gasteiger partial charge in [0.2, 0.25) is 5.56 Å². The van der Waals surface area contributed by atoms with E-state index in [0.717, 1.165) is 18.6 Å². The first kappa shape index (κ1) is 13.7. The van der Waals surface area contributed by atoms with E-state index in [1.165, 1.54) is 12.3 Å². The molecule has 110 valence electrons. The number of nitrogens with zero attached hydrogens (tertiary/aromatic N) is 1. The number of aromatic nitrogens is 1. The molecule has 1 N–H and O–H groups in total. The summed E-state index contributed by atoms with van der Waals surface area (Å²) in [6.45, 7) is 2.89. The fourth-order valence-electron chi connectivity index (χ4n) is 2.84. The van der Waals surface area contributed by atoms with E-state index < -0.39 is 0 Å². The normalized spacial score (nSPS) is 22.2. The fourth-order valence-corrected chi connectivity index (χ4v) is 2.84. The van der Waals surface area contributed by atoms with Crippen LogP contribution in [0, 0.1) is 5.92 Å². The van der Waals surface area contributed by atoms with Crippen LogP contribution in [0.4, 0.5) is 0 Å². The number of rotatable bonds is 2. The minimum absolute atomic E-state index is 0.0387. The van der Waals surface area contributed by atoms with E-state index in [0.29, 0.717) is 18.0 Å². The predicted octanol–water partition coefficient (Wildman–Crippen LogP) is 2.58. The van der Waals surface area contributed by atoms with Crippen molar-refractivity contribution in [1.29, 1.82) is 0 Å². The largest absolute Gasteiger partial charge is 0.467 e. The van der Waals surface area contributed by atoms with Crippen LogP contribution in [0.5, 0.6) is 0 Å². The van der Waals surface area contributed by atoms with E-state index in [1.54, 1.807) is 12.3 Å². The first-order chi connectivity index (χ1) is 10.1. The highest BCUT2D eigenvalue weighted by molar-refractivity contribution is 5.94. The minimum Gasteiger partial charge on any atom is -0.467 e. The highest BCUT2D eigenvalue weighted by Crippen LogP contribution is 2.35. The first-order valence-electron chi connectivity index (χ1n) is 7.18. The molecule has 0 radical (unpaired) electrons. The zero-order valence-corrected chi connectivity index (χ0v) is 11.9. The Balaban J connectivity index is 1.89. The van der Waals surface area contributed by atoms with Gasteiger partial charge in [0.15, 0.2) is 0 Å². The molecule has 1 amide bonds. The van der Waals surface area contributed by atoms with Crippen molar-refractivity contribution < 1.29 is 9.21 Å². The van der Waals surface area contributed by atoms with Gasteiger partial charge in [-0.15, -0.1) is 0 Å². The van der Waals surface area contributed by atoms with Gasteiger partial charge in [-0.25, -0.2) is 0 Å². The second-order valence-electron chi connectivity index (χ2n) is 5.60. The van der Waals surface area contributed by atoms with E-state index in [1.807, 2.05) is 17.0 Å². The third-order valence-electron chi connectivity index (χ3n) is 4.03. The number of hydrogen-bond acceptors (Lipinski definition) is 3. The number of furan rings is 1. The lowest BCUT2D eigenvalue weighted by Crippen LogP contribution is -2.40. The van der Waals surface area contributed by atoms with Crippen LogP contribution < -0.4 is 5.56 Å². The van der Waals surface area contributed by atoms with Gasteiger partial charge in [0, 0.05) is 18.8 Å². The molecular formula is C16H18N2O3. The molecular weight excluding hydrogens is 268 g/mol. The van der Waals surface area contributed by atoms with Crippen LogP contribution in [0.3, 0.4) is 0 Å². The molecule has 0 spiro atoms. The van der Waals surface area contributed by atoms with Gasteiger partial charge in [0.1, 0.15) is 5.76 Å². The van der Waals surface area contributed by atoms with Crippen LogP contribution in [0.1, 0.15) is 41.9 Å². The standard InChI is InChI=1S/C16H18N2O3/c1-11-6-7-18(13(9-11)14-3-2-8-21-14)16(20)12-4-5-15(19)17-10-12/h2-5,8,10-11,13H,6-7,9H2,1H3,(H,17,19)/t11-,13+/m1/s1. The lowest BCUT2D eigenvalue weighted by molar-refractivity contribution is 0.0520. The Morgan fingerprint density at radius 2 is 2.24 bits per heavy atom.